The molecule has 0 spiro atoms. The SMILES string of the molecule is CC(=O)C1CCC(Cl)NC1. The van der Waals surface area contributed by atoms with Crippen LogP contribution in [0.2, 0.25) is 0 Å². The molecule has 1 aliphatic rings. The summed E-state index contributed by atoms with van der Waals surface area (Å²) in [4.78, 5) is 10.8. The van der Waals surface area contributed by atoms with Crippen LogP contribution in [0.5, 0.6) is 0 Å². The number of ketones is 1. The van der Waals surface area contributed by atoms with E-state index < -0.39 is 0 Å². The summed E-state index contributed by atoms with van der Waals surface area (Å²) >= 11 is 5.76. The lowest BCUT2D eigenvalue weighted by molar-refractivity contribution is -0.121. The zero-order valence-corrected chi connectivity index (χ0v) is 6.82. The van der Waals surface area contributed by atoms with Crippen molar-refractivity contribution in [2.45, 2.75) is 25.3 Å². The second-order valence-corrected chi connectivity index (χ2v) is 3.29. The van der Waals surface area contributed by atoms with Gasteiger partial charge in [-0.3, -0.25) is 4.79 Å². The second-order valence-electron chi connectivity index (χ2n) is 2.76. The van der Waals surface area contributed by atoms with Gasteiger partial charge in [-0.15, -0.1) is 11.6 Å². The fourth-order valence-electron chi connectivity index (χ4n) is 1.17. The second kappa shape index (κ2) is 3.35. The molecule has 0 aliphatic carbocycles. The first-order chi connectivity index (χ1) is 4.70. The van der Waals surface area contributed by atoms with Crippen LogP contribution in [-0.2, 0) is 4.79 Å². The predicted molar refractivity (Wildman–Crippen MR) is 41.0 cm³/mol. The summed E-state index contributed by atoms with van der Waals surface area (Å²) in [6.07, 6.45) is 1.85. The first-order valence-electron chi connectivity index (χ1n) is 3.58. The Morgan fingerprint density at radius 3 is 2.70 bits per heavy atom. The average Bonchev–Trinajstić information content (AvgIpc) is 1.88. The summed E-state index contributed by atoms with van der Waals surface area (Å²) in [6, 6.07) is 0. The Labute approximate surface area is 65.9 Å². The Hall–Kier alpha value is -0.0800. The molecule has 0 saturated carbocycles. The first-order valence-corrected chi connectivity index (χ1v) is 4.01. The van der Waals surface area contributed by atoms with Gasteiger partial charge in [-0.1, -0.05) is 0 Å². The molecular formula is C7H12ClNO. The summed E-state index contributed by atoms with van der Waals surface area (Å²) in [6.45, 7) is 2.39. The van der Waals surface area contributed by atoms with E-state index in [1.54, 1.807) is 6.92 Å². The number of hydrogen-bond acceptors (Lipinski definition) is 2. The smallest absolute Gasteiger partial charge is 0.134 e. The number of piperidine rings is 1. The largest absolute Gasteiger partial charge is 0.301 e. The van der Waals surface area contributed by atoms with Crippen molar-refractivity contribution < 1.29 is 4.79 Å². The predicted octanol–water partition coefficient (Wildman–Crippen LogP) is 1.14. The van der Waals surface area contributed by atoms with Gasteiger partial charge in [0.15, 0.2) is 0 Å². The van der Waals surface area contributed by atoms with Crippen molar-refractivity contribution in [3.05, 3.63) is 0 Å². The molecule has 3 heteroatoms. The molecule has 0 radical (unpaired) electrons. The number of nitrogens with one attached hydrogen (secondary N) is 1. The summed E-state index contributed by atoms with van der Waals surface area (Å²) in [5, 5.41) is 3.06. The number of carbonyl (C=O) groups is 1. The molecular weight excluding hydrogens is 150 g/mol. The van der Waals surface area contributed by atoms with Crippen LogP contribution >= 0.6 is 11.6 Å². The third kappa shape index (κ3) is 1.96. The molecule has 0 aromatic carbocycles. The minimum atomic E-state index is 0.0793. The third-order valence-corrected chi connectivity index (χ3v) is 2.30. The van der Waals surface area contributed by atoms with E-state index in [0.717, 1.165) is 19.4 Å². The molecule has 2 unspecified atom stereocenters. The van der Waals surface area contributed by atoms with Crippen LogP contribution in [0.15, 0.2) is 0 Å². The maximum Gasteiger partial charge on any atom is 0.134 e. The fraction of sp³-hybridized carbons (Fsp3) is 0.857. The van der Waals surface area contributed by atoms with Crippen molar-refractivity contribution in [1.29, 1.82) is 0 Å². The van der Waals surface area contributed by atoms with E-state index in [-0.39, 0.29) is 17.2 Å². The summed E-state index contributed by atoms with van der Waals surface area (Å²) < 4.78 is 0. The lowest BCUT2D eigenvalue weighted by Gasteiger charge is -2.23. The van der Waals surface area contributed by atoms with Crippen LogP contribution < -0.4 is 5.32 Å². The van der Waals surface area contributed by atoms with E-state index in [2.05, 4.69) is 5.32 Å². The molecule has 0 aromatic rings. The summed E-state index contributed by atoms with van der Waals surface area (Å²) in [5.74, 6) is 0.478. The molecule has 2 atom stereocenters. The van der Waals surface area contributed by atoms with E-state index >= 15 is 0 Å². The van der Waals surface area contributed by atoms with Crippen LogP contribution in [0.3, 0.4) is 0 Å². The Balaban J connectivity index is 2.33. The van der Waals surface area contributed by atoms with E-state index in [0.29, 0.717) is 0 Å². The highest BCUT2D eigenvalue weighted by Crippen LogP contribution is 2.16. The third-order valence-electron chi connectivity index (χ3n) is 1.93. The molecule has 1 rings (SSSR count). The van der Waals surface area contributed by atoms with Crippen molar-refractivity contribution >= 4 is 17.4 Å². The summed E-state index contributed by atoms with van der Waals surface area (Å²) in [7, 11) is 0. The van der Waals surface area contributed by atoms with Gasteiger partial charge in [-0.05, 0) is 19.8 Å². The topological polar surface area (TPSA) is 29.1 Å². The van der Waals surface area contributed by atoms with Gasteiger partial charge in [-0.25, -0.2) is 0 Å². The van der Waals surface area contributed by atoms with E-state index in [9.17, 15) is 4.79 Å². The van der Waals surface area contributed by atoms with Crippen molar-refractivity contribution in [3.8, 4) is 0 Å². The maximum absolute atomic E-state index is 10.8. The van der Waals surface area contributed by atoms with Crippen LogP contribution in [0.25, 0.3) is 0 Å². The molecule has 1 fully saturated rings. The van der Waals surface area contributed by atoms with Gasteiger partial charge in [0, 0.05) is 12.5 Å². The Morgan fingerprint density at radius 1 is 1.60 bits per heavy atom. The molecule has 58 valence electrons. The molecule has 0 amide bonds. The number of halogens is 1. The number of alkyl halides is 1. The number of hydrogen-bond donors (Lipinski definition) is 1. The normalized spacial score (nSPS) is 33.8. The molecule has 1 heterocycles. The number of carbonyl (C=O) groups excluding carboxylic acids is 1. The van der Waals surface area contributed by atoms with Crippen molar-refractivity contribution in [2.24, 2.45) is 5.92 Å². The molecule has 0 bridgehead atoms. The van der Waals surface area contributed by atoms with E-state index in [1.165, 1.54) is 0 Å². The Kier molecular flexibility index (Phi) is 2.69. The van der Waals surface area contributed by atoms with Crippen LogP contribution in [0, 0.1) is 5.92 Å². The zero-order chi connectivity index (χ0) is 7.56. The van der Waals surface area contributed by atoms with Gasteiger partial charge < -0.3 is 5.32 Å². The maximum atomic E-state index is 10.8. The lowest BCUT2D eigenvalue weighted by atomic mass is 9.96. The quantitative estimate of drug-likeness (QED) is 0.462. The van der Waals surface area contributed by atoms with Crippen LogP contribution in [-0.4, -0.2) is 17.8 Å². The van der Waals surface area contributed by atoms with E-state index in [1.807, 2.05) is 0 Å². The molecule has 1 N–H and O–H groups in total. The van der Waals surface area contributed by atoms with Crippen molar-refractivity contribution in [3.63, 3.8) is 0 Å². The highest BCUT2D eigenvalue weighted by atomic mass is 35.5. The average molecular weight is 162 g/mol. The fourth-order valence-corrected chi connectivity index (χ4v) is 1.38. The molecule has 2 nitrogen and oxygen atoms in total. The first kappa shape index (κ1) is 8.02. The molecule has 1 aliphatic heterocycles. The lowest BCUT2D eigenvalue weighted by Crippen LogP contribution is -2.38. The van der Waals surface area contributed by atoms with Gasteiger partial charge >= 0.3 is 0 Å². The van der Waals surface area contributed by atoms with Crippen molar-refractivity contribution in [1.82, 2.24) is 5.32 Å². The molecule has 0 aromatic heterocycles. The van der Waals surface area contributed by atoms with Crippen molar-refractivity contribution in [2.75, 3.05) is 6.54 Å². The number of rotatable bonds is 1. The highest BCUT2D eigenvalue weighted by molar-refractivity contribution is 6.20. The highest BCUT2D eigenvalue weighted by Gasteiger charge is 2.21. The Morgan fingerprint density at radius 2 is 2.30 bits per heavy atom. The standard InChI is InChI=1S/C7H12ClNO/c1-5(10)6-2-3-7(8)9-4-6/h6-7,9H,2-4H2,1H3. The van der Waals surface area contributed by atoms with Gasteiger partial charge in [0.05, 0.1) is 5.50 Å². The van der Waals surface area contributed by atoms with Crippen LogP contribution in [0.4, 0.5) is 0 Å². The summed E-state index contributed by atoms with van der Waals surface area (Å²) in [5.41, 5.74) is 0.0793. The minimum absolute atomic E-state index is 0.0793. The zero-order valence-electron chi connectivity index (χ0n) is 6.06. The molecule has 10 heavy (non-hydrogen) atoms. The molecule has 1 saturated heterocycles. The monoisotopic (exact) mass is 161 g/mol. The van der Waals surface area contributed by atoms with Gasteiger partial charge in [0.1, 0.15) is 5.78 Å². The van der Waals surface area contributed by atoms with E-state index in [4.69, 9.17) is 11.6 Å². The van der Waals surface area contributed by atoms with Crippen LogP contribution in [0.1, 0.15) is 19.8 Å². The Bertz CT molecular complexity index is 130. The van der Waals surface area contributed by atoms with Gasteiger partial charge in [0.25, 0.3) is 0 Å². The van der Waals surface area contributed by atoms with Gasteiger partial charge in [0.2, 0.25) is 0 Å². The minimum Gasteiger partial charge on any atom is -0.301 e. The number of Topliss-reactive ketones (excluding diaryl/α,β-unsaturated/α-hetero) is 1. The van der Waals surface area contributed by atoms with Gasteiger partial charge in [-0.2, -0.15) is 0 Å².